The molecule has 0 aliphatic carbocycles. The van der Waals surface area contributed by atoms with Crippen LogP contribution in [0.4, 0.5) is 17.1 Å². The number of aromatic nitrogens is 2. The Bertz CT molecular complexity index is 2830. The highest BCUT2D eigenvalue weighted by Gasteiger charge is 2.18. The Hall–Kier alpha value is -6.65. The molecule has 0 aliphatic rings. The van der Waals surface area contributed by atoms with Gasteiger partial charge in [0.25, 0.3) is 0 Å². The molecule has 4 nitrogen and oxygen atoms in total. The number of hydrogen-bond acceptors (Lipinski definition) is 3. The maximum atomic E-state index is 6.14. The average Bonchev–Trinajstić information content (AvgIpc) is 3.72. The van der Waals surface area contributed by atoms with E-state index in [-0.39, 0.29) is 0 Å². The van der Waals surface area contributed by atoms with Gasteiger partial charge in [-0.25, -0.2) is 0 Å². The number of benzene rings is 7. The summed E-state index contributed by atoms with van der Waals surface area (Å²) in [4.78, 5) is 6.85. The van der Waals surface area contributed by atoms with Crippen LogP contribution in [0.1, 0.15) is 0 Å². The fourth-order valence-electron chi connectivity index (χ4n) is 7.50. The second kappa shape index (κ2) is 11.0. The SMILES string of the molecule is c1ccc(N(c2ccc(-c3cncc4oc5ccccc5c34)cc2)c2cccc(-n3c4ccccc4c4c5ccccc5ccc43)c2)cc1. The minimum Gasteiger partial charge on any atom is -0.454 e. The molecule has 0 N–H and O–H groups in total. The van der Waals surface area contributed by atoms with Crippen LogP contribution in [-0.4, -0.2) is 9.55 Å². The van der Waals surface area contributed by atoms with Crippen molar-refractivity contribution in [2.75, 3.05) is 4.90 Å². The van der Waals surface area contributed by atoms with Gasteiger partial charge in [-0.15, -0.1) is 0 Å². The van der Waals surface area contributed by atoms with Crippen LogP contribution in [0.5, 0.6) is 0 Å². The summed E-state index contributed by atoms with van der Waals surface area (Å²) in [5.74, 6) is 0. The van der Waals surface area contributed by atoms with Gasteiger partial charge < -0.3 is 13.9 Å². The van der Waals surface area contributed by atoms with E-state index in [2.05, 4.69) is 166 Å². The fourth-order valence-corrected chi connectivity index (χ4v) is 7.50. The van der Waals surface area contributed by atoms with Crippen molar-refractivity contribution >= 4 is 71.6 Å². The van der Waals surface area contributed by atoms with E-state index in [4.69, 9.17) is 4.42 Å². The molecule has 3 aromatic heterocycles. The van der Waals surface area contributed by atoms with Gasteiger partial charge in [0, 0.05) is 56.1 Å². The van der Waals surface area contributed by atoms with Crippen LogP contribution in [0.15, 0.2) is 181 Å². The number of fused-ring (bicyclic) bond motifs is 8. The first kappa shape index (κ1) is 27.5. The summed E-state index contributed by atoms with van der Waals surface area (Å²) in [7, 11) is 0. The molecule has 0 saturated heterocycles. The molecule has 0 amide bonds. The van der Waals surface area contributed by atoms with E-state index >= 15 is 0 Å². The minimum absolute atomic E-state index is 0.795. The van der Waals surface area contributed by atoms with Gasteiger partial charge in [-0.1, -0.05) is 103 Å². The van der Waals surface area contributed by atoms with E-state index in [9.17, 15) is 0 Å². The molecule has 0 saturated carbocycles. The van der Waals surface area contributed by atoms with Crippen LogP contribution in [0, 0.1) is 0 Å². The monoisotopic (exact) mass is 627 g/mol. The third kappa shape index (κ3) is 4.35. The van der Waals surface area contributed by atoms with Gasteiger partial charge in [-0.05, 0) is 77.0 Å². The fraction of sp³-hybridized carbons (Fsp3) is 0. The van der Waals surface area contributed by atoms with Crippen molar-refractivity contribution in [2.24, 2.45) is 0 Å². The zero-order valence-corrected chi connectivity index (χ0v) is 26.5. The van der Waals surface area contributed by atoms with Crippen molar-refractivity contribution < 1.29 is 4.42 Å². The Labute approximate surface area is 282 Å². The largest absolute Gasteiger partial charge is 0.454 e. The Morgan fingerprint density at radius 2 is 1.18 bits per heavy atom. The van der Waals surface area contributed by atoms with Crippen molar-refractivity contribution in [3.63, 3.8) is 0 Å². The van der Waals surface area contributed by atoms with Gasteiger partial charge in [0.15, 0.2) is 5.58 Å². The van der Waals surface area contributed by atoms with Crippen LogP contribution in [0.3, 0.4) is 0 Å². The van der Waals surface area contributed by atoms with Crippen LogP contribution < -0.4 is 4.90 Å². The van der Waals surface area contributed by atoms with Crippen LogP contribution in [-0.2, 0) is 0 Å². The average molecular weight is 628 g/mol. The number of para-hydroxylation sites is 3. The Balaban J connectivity index is 1.13. The summed E-state index contributed by atoms with van der Waals surface area (Å²) < 4.78 is 8.53. The van der Waals surface area contributed by atoms with Gasteiger partial charge in [-0.3, -0.25) is 4.98 Å². The van der Waals surface area contributed by atoms with E-state index < -0.39 is 0 Å². The molecule has 0 aliphatic heterocycles. The topological polar surface area (TPSA) is 34.2 Å². The molecule has 0 spiro atoms. The first-order chi connectivity index (χ1) is 24.3. The Morgan fingerprint density at radius 3 is 2.06 bits per heavy atom. The normalized spacial score (nSPS) is 11.7. The molecule has 0 unspecified atom stereocenters. The lowest BCUT2D eigenvalue weighted by atomic mass is 10.0. The Kier molecular flexibility index (Phi) is 6.15. The van der Waals surface area contributed by atoms with Crippen molar-refractivity contribution in [3.05, 3.63) is 176 Å². The van der Waals surface area contributed by atoms with E-state index in [1.54, 1.807) is 6.20 Å². The predicted octanol–water partition coefficient (Wildman–Crippen LogP) is 12.4. The lowest BCUT2D eigenvalue weighted by Gasteiger charge is -2.26. The second-order valence-corrected chi connectivity index (χ2v) is 12.4. The molecule has 7 aromatic carbocycles. The van der Waals surface area contributed by atoms with Gasteiger partial charge >= 0.3 is 0 Å². The summed E-state index contributed by atoms with van der Waals surface area (Å²) in [6.07, 6.45) is 3.74. The second-order valence-electron chi connectivity index (χ2n) is 12.4. The highest BCUT2D eigenvalue weighted by Crippen LogP contribution is 2.41. The highest BCUT2D eigenvalue weighted by atomic mass is 16.3. The smallest absolute Gasteiger partial charge is 0.154 e. The maximum Gasteiger partial charge on any atom is 0.154 e. The van der Waals surface area contributed by atoms with Gasteiger partial charge in [0.1, 0.15) is 5.58 Å². The standard InChI is InChI=1S/C45H29N3O/c1-2-12-32(13-3-1)47(33-24-21-31(22-25-33)39-28-46-29-43-45(39)38-18-7-9-20-42(38)49-43)34-14-10-15-35(27-34)48-40-19-8-6-17-37(40)44-36-16-5-4-11-30(36)23-26-41(44)48/h1-29H. The first-order valence-electron chi connectivity index (χ1n) is 16.5. The number of rotatable bonds is 5. The molecule has 0 atom stereocenters. The summed E-state index contributed by atoms with van der Waals surface area (Å²) >= 11 is 0. The number of furan rings is 1. The van der Waals surface area contributed by atoms with Crippen LogP contribution in [0.2, 0.25) is 0 Å². The lowest BCUT2D eigenvalue weighted by Crippen LogP contribution is -2.10. The number of nitrogens with zero attached hydrogens (tertiary/aromatic N) is 3. The van der Waals surface area contributed by atoms with Crippen molar-refractivity contribution in [2.45, 2.75) is 0 Å². The maximum absolute atomic E-state index is 6.14. The van der Waals surface area contributed by atoms with E-state index in [1.165, 1.54) is 32.6 Å². The number of hydrogen-bond donors (Lipinski definition) is 0. The van der Waals surface area contributed by atoms with Gasteiger partial charge in [0.05, 0.1) is 17.2 Å². The molecule has 4 heteroatoms. The first-order valence-corrected chi connectivity index (χ1v) is 16.5. The third-order valence-electron chi connectivity index (χ3n) is 9.65. The van der Waals surface area contributed by atoms with Crippen LogP contribution >= 0.6 is 0 Å². The molecule has 230 valence electrons. The summed E-state index contributed by atoms with van der Waals surface area (Å²) in [6, 6.07) is 58.3. The summed E-state index contributed by atoms with van der Waals surface area (Å²) in [6.45, 7) is 0. The Morgan fingerprint density at radius 1 is 0.469 bits per heavy atom. The quantitative estimate of drug-likeness (QED) is 0.190. The molecule has 3 heterocycles. The third-order valence-corrected chi connectivity index (χ3v) is 9.65. The minimum atomic E-state index is 0.795. The highest BCUT2D eigenvalue weighted by molar-refractivity contribution is 6.21. The van der Waals surface area contributed by atoms with E-state index in [0.717, 1.165) is 55.8 Å². The summed E-state index contributed by atoms with van der Waals surface area (Å²) in [5, 5.41) is 7.24. The van der Waals surface area contributed by atoms with Crippen molar-refractivity contribution in [3.8, 4) is 16.8 Å². The molecule has 0 bridgehead atoms. The lowest BCUT2D eigenvalue weighted by molar-refractivity contribution is 0.667. The number of anilines is 3. The predicted molar refractivity (Wildman–Crippen MR) is 203 cm³/mol. The molecular weight excluding hydrogens is 599 g/mol. The van der Waals surface area contributed by atoms with E-state index in [1.807, 2.05) is 18.3 Å². The zero-order chi connectivity index (χ0) is 32.3. The molecular formula is C45H29N3O. The summed E-state index contributed by atoms with van der Waals surface area (Å²) in [5.41, 5.74) is 10.5. The van der Waals surface area contributed by atoms with Crippen LogP contribution in [0.25, 0.3) is 71.3 Å². The van der Waals surface area contributed by atoms with Gasteiger partial charge in [0.2, 0.25) is 0 Å². The molecule has 0 radical (unpaired) electrons. The molecule has 10 aromatic rings. The van der Waals surface area contributed by atoms with Crippen molar-refractivity contribution in [1.29, 1.82) is 0 Å². The van der Waals surface area contributed by atoms with Gasteiger partial charge in [-0.2, -0.15) is 0 Å². The number of pyridine rings is 1. The molecule has 10 rings (SSSR count). The zero-order valence-electron chi connectivity index (χ0n) is 26.5. The van der Waals surface area contributed by atoms with Crippen molar-refractivity contribution in [1.82, 2.24) is 9.55 Å². The van der Waals surface area contributed by atoms with E-state index in [0.29, 0.717) is 0 Å². The molecule has 0 fully saturated rings. The molecule has 49 heavy (non-hydrogen) atoms.